The fourth-order valence-corrected chi connectivity index (χ4v) is 3.49. The average molecular weight is 300 g/mol. The quantitative estimate of drug-likeness (QED) is 0.590. The van der Waals surface area contributed by atoms with Gasteiger partial charge in [0.15, 0.2) is 0 Å². The number of nitrogens with two attached hydrogens (primary N) is 1. The maximum absolute atomic E-state index is 12.1. The van der Waals surface area contributed by atoms with Crippen LogP contribution in [0.2, 0.25) is 5.02 Å². The summed E-state index contributed by atoms with van der Waals surface area (Å²) in [6.07, 6.45) is 2.34. The molecule has 4 N–H and O–H groups in total. The zero-order chi connectivity index (χ0) is 13.7. The van der Waals surface area contributed by atoms with Crippen LogP contribution in [0.1, 0.15) is 23.2 Å². The Morgan fingerprint density at radius 1 is 1.42 bits per heavy atom. The molecule has 1 aromatic carbocycles. The molecule has 1 aliphatic heterocycles. The van der Waals surface area contributed by atoms with Crippen molar-refractivity contribution in [2.45, 2.75) is 12.8 Å². The molecule has 19 heavy (non-hydrogen) atoms. The molecule has 0 saturated carbocycles. The number of carbonyl (C=O) groups excluding carboxylic acids is 1. The summed E-state index contributed by atoms with van der Waals surface area (Å²) in [6, 6.07) is 5.03. The van der Waals surface area contributed by atoms with Crippen molar-refractivity contribution in [2.75, 3.05) is 23.5 Å². The second kappa shape index (κ2) is 7.03. The molecule has 0 unspecified atom stereocenters. The van der Waals surface area contributed by atoms with Crippen LogP contribution in [0.25, 0.3) is 0 Å². The molecule has 0 bridgehead atoms. The van der Waals surface area contributed by atoms with Gasteiger partial charge in [0.1, 0.15) is 0 Å². The summed E-state index contributed by atoms with van der Waals surface area (Å²) in [5.74, 6) is 8.23. The van der Waals surface area contributed by atoms with Gasteiger partial charge in [0, 0.05) is 11.6 Å². The van der Waals surface area contributed by atoms with Crippen molar-refractivity contribution in [3.8, 4) is 0 Å². The molecule has 1 heterocycles. The van der Waals surface area contributed by atoms with Crippen LogP contribution in [-0.2, 0) is 0 Å². The molecule has 1 aliphatic rings. The van der Waals surface area contributed by atoms with Gasteiger partial charge in [-0.15, -0.1) is 0 Å². The zero-order valence-electron chi connectivity index (χ0n) is 10.6. The average Bonchev–Trinajstić information content (AvgIpc) is 2.46. The summed E-state index contributed by atoms with van der Waals surface area (Å²) >= 11 is 7.90. The molecule has 4 nitrogen and oxygen atoms in total. The molecule has 0 aromatic heterocycles. The molecular formula is C13H18ClN3OS. The van der Waals surface area contributed by atoms with Gasteiger partial charge in [-0.1, -0.05) is 11.6 Å². The number of amides is 1. The van der Waals surface area contributed by atoms with E-state index in [4.69, 9.17) is 17.4 Å². The lowest BCUT2D eigenvalue weighted by Crippen LogP contribution is -2.31. The summed E-state index contributed by atoms with van der Waals surface area (Å²) in [5, 5.41) is 3.49. The molecule has 6 heteroatoms. The summed E-state index contributed by atoms with van der Waals surface area (Å²) in [4.78, 5) is 12.1. The van der Waals surface area contributed by atoms with Crippen molar-refractivity contribution in [1.29, 1.82) is 0 Å². The van der Waals surface area contributed by atoms with Crippen LogP contribution in [0.4, 0.5) is 5.69 Å². The van der Waals surface area contributed by atoms with Crippen molar-refractivity contribution in [3.05, 3.63) is 28.8 Å². The summed E-state index contributed by atoms with van der Waals surface area (Å²) in [5.41, 5.74) is 3.59. The van der Waals surface area contributed by atoms with E-state index in [1.807, 2.05) is 11.8 Å². The van der Waals surface area contributed by atoms with Gasteiger partial charge in [-0.05, 0) is 48.5 Å². The maximum Gasteiger partial charge on any atom is 0.253 e. The number of benzene rings is 1. The van der Waals surface area contributed by atoms with Gasteiger partial charge >= 0.3 is 0 Å². The molecular weight excluding hydrogens is 282 g/mol. The Hall–Kier alpha value is -0.910. The van der Waals surface area contributed by atoms with E-state index in [1.54, 1.807) is 18.2 Å². The first-order valence-electron chi connectivity index (χ1n) is 6.33. The third-order valence-corrected chi connectivity index (χ3v) is 4.56. The van der Waals surface area contributed by atoms with Gasteiger partial charge < -0.3 is 10.7 Å². The lowest BCUT2D eigenvalue weighted by Gasteiger charge is -2.21. The van der Waals surface area contributed by atoms with Gasteiger partial charge in [-0.25, -0.2) is 0 Å². The molecule has 104 valence electrons. The first-order chi connectivity index (χ1) is 9.20. The number of carbonyl (C=O) groups is 1. The normalized spacial score (nSPS) is 16.1. The molecule has 1 saturated heterocycles. The van der Waals surface area contributed by atoms with Gasteiger partial charge in [0.2, 0.25) is 0 Å². The van der Waals surface area contributed by atoms with Crippen molar-refractivity contribution in [1.82, 2.24) is 5.32 Å². The number of anilines is 1. The highest BCUT2D eigenvalue weighted by atomic mass is 35.5. The highest BCUT2D eigenvalue weighted by Gasteiger charge is 2.16. The number of hydrazine groups is 1. The van der Waals surface area contributed by atoms with Gasteiger partial charge in [0.25, 0.3) is 5.91 Å². The van der Waals surface area contributed by atoms with Crippen LogP contribution in [0.3, 0.4) is 0 Å². The Morgan fingerprint density at radius 3 is 2.84 bits per heavy atom. The number of nitrogen functional groups attached to an aromatic ring is 1. The molecule has 1 amide bonds. The van der Waals surface area contributed by atoms with Crippen molar-refractivity contribution >= 4 is 35.0 Å². The number of hydrogen-bond acceptors (Lipinski definition) is 4. The molecule has 2 rings (SSSR count). The topological polar surface area (TPSA) is 67.1 Å². The predicted octanol–water partition coefficient (Wildman–Crippen LogP) is 2.50. The van der Waals surface area contributed by atoms with Crippen molar-refractivity contribution < 1.29 is 4.79 Å². The van der Waals surface area contributed by atoms with E-state index in [2.05, 4.69) is 10.7 Å². The summed E-state index contributed by atoms with van der Waals surface area (Å²) < 4.78 is 0. The molecule has 0 radical (unpaired) electrons. The highest BCUT2D eigenvalue weighted by molar-refractivity contribution is 7.99. The smallest absolute Gasteiger partial charge is 0.253 e. The predicted molar refractivity (Wildman–Crippen MR) is 81.6 cm³/mol. The Kier molecular flexibility index (Phi) is 5.36. The second-order valence-electron chi connectivity index (χ2n) is 4.60. The van der Waals surface area contributed by atoms with E-state index in [-0.39, 0.29) is 5.91 Å². The molecule has 1 fully saturated rings. The monoisotopic (exact) mass is 299 g/mol. The van der Waals surface area contributed by atoms with E-state index in [9.17, 15) is 4.79 Å². The largest absolute Gasteiger partial charge is 0.352 e. The SMILES string of the molecule is NNc1ccc(Cl)cc1C(=O)NCC1CCSCC1. The van der Waals surface area contributed by atoms with Crippen molar-refractivity contribution in [2.24, 2.45) is 11.8 Å². The fraction of sp³-hybridized carbons (Fsp3) is 0.462. The minimum atomic E-state index is -0.131. The van der Waals surface area contributed by atoms with E-state index < -0.39 is 0 Å². The van der Waals surface area contributed by atoms with Gasteiger partial charge in [-0.3, -0.25) is 10.6 Å². The van der Waals surface area contributed by atoms with Crippen LogP contribution in [0, 0.1) is 5.92 Å². The van der Waals surface area contributed by atoms with Crippen LogP contribution in [0.5, 0.6) is 0 Å². The van der Waals surface area contributed by atoms with Crippen LogP contribution in [0.15, 0.2) is 18.2 Å². The molecule has 1 aromatic rings. The van der Waals surface area contributed by atoms with Gasteiger partial charge in [-0.2, -0.15) is 11.8 Å². The number of nitrogens with one attached hydrogen (secondary N) is 2. The Labute approximate surface area is 122 Å². The standard InChI is InChI=1S/C13H18ClN3OS/c14-10-1-2-12(17-15)11(7-10)13(18)16-8-9-3-5-19-6-4-9/h1-2,7,9,17H,3-6,8,15H2,(H,16,18). The number of thioether (sulfide) groups is 1. The van der Waals surface area contributed by atoms with E-state index in [0.717, 1.165) is 6.54 Å². The van der Waals surface area contributed by atoms with E-state index >= 15 is 0 Å². The van der Waals surface area contributed by atoms with E-state index in [0.29, 0.717) is 22.2 Å². The minimum absolute atomic E-state index is 0.131. The van der Waals surface area contributed by atoms with Crippen LogP contribution in [-0.4, -0.2) is 24.0 Å². The first-order valence-corrected chi connectivity index (χ1v) is 7.86. The Morgan fingerprint density at radius 2 is 2.16 bits per heavy atom. The lowest BCUT2D eigenvalue weighted by atomic mass is 10.0. The molecule has 0 aliphatic carbocycles. The number of hydrogen-bond donors (Lipinski definition) is 3. The van der Waals surface area contributed by atoms with E-state index in [1.165, 1.54) is 24.3 Å². The zero-order valence-corrected chi connectivity index (χ0v) is 12.2. The maximum atomic E-state index is 12.1. The third-order valence-electron chi connectivity index (χ3n) is 3.27. The molecule has 0 atom stereocenters. The highest BCUT2D eigenvalue weighted by Crippen LogP contribution is 2.23. The van der Waals surface area contributed by atoms with Crippen molar-refractivity contribution in [3.63, 3.8) is 0 Å². The third kappa shape index (κ3) is 4.03. The van der Waals surface area contributed by atoms with Crippen LogP contribution < -0.4 is 16.6 Å². The Balaban J connectivity index is 1.97. The van der Waals surface area contributed by atoms with Gasteiger partial charge in [0.05, 0.1) is 11.3 Å². The molecule has 0 spiro atoms. The van der Waals surface area contributed by atoms with Crippen LogP contribution >= 0.6 is 23.4 Å². The summed E-state index contributed by atoms with van der Waals surface area (Å²) in [6.45, 7) is 0.718. The number of halogens is 1. The Bertz CT molecular complexity index is 450. The fourth-order valence-electron chi connectivity index (χ4n) is 2.11. The number of rotatable bonds is 4. The lowest BCUT2D eigenvalue weighted by molar-refractivity contribution is 0.0947. The first kappa shape index (κ1) is 14.5. The minimum Gasteiger partial charge on any atom is -0.352 e. The second-order valence-corrected chi connectivity index (χ2v) is 6.26. The summed E-state index contributed by atoms with van der Waals surface area (Å²) in [7, 11) is 0.